The van der Waals surface area contributed by atoms with Crippen molar-refractivity contribution in [2.75, 3.05) is 33.1 Å². The second-order valence-electron chi connectivity index (χ2n) is 3.35. The Morgan fingerprint density at radius 1 is 1.43 bits per heavy atom. The molecular weight excluding hydrogens is 202 g/mol. The molecule has 4 nitrogen and oxygen atoms in total. The fraction of sp³-hybridized carbons (Fsp3) is 1.00. The summed E-state index contributed by atoms with van der Waals surface area (Å²) in [5.41, 5.74) is 0. The van der Waals surface area contributed by atoms with Crippen molar-refractivity contribution >= 4 is 11.0 Å². The summed E-state index contributed by atoms with van der Waals surface area (Å²) in [4.78, 5) is 0. The zero-order valence-electron chi connectivity index (χ0n) is 8.90. The van der Waals surface area contributed by atoms with E-state index in [1.54, 1.807) is 14.2 Å². The summed E-state index contributed by atoms with van der Waals surface area (Å²) >= 11 is 0. The number of methoxy groups -OCH3 is 2. The standard InChI is InChI=1S/C9H19NO3S/c1-12-9(13-2)5-3-6-10-7-4-8-14(10)11/h9H,3-8H2,1-2H3. The fourth-order valence-electron chi connectivity index (χ4n) is 1.58. The van der Waals surface area contributed by atoms with Gasteiger partial charge >= 0.3 is 0 Å². The van der Waals surface area contributed by atoms with Gasteiger partial charge in [0, 0.05) is 33.1 Å². The molecule has 1 atom stereocenters. The lowest BCUT2D eigenvalue weighted by Gasteiger charge is -2.16. The molecule has 0 aliphatic carbocycles. The van der Waals surface area contributed by atoms with E-state index in [-0.39, 0.29) is 6.29 Å². The monoisotopic (exact) mass is 221 g/mol. The van der Waals surface area contributed by atoms with Crippen molar-refractivity contribution in [2.24, 2.45) is 0 Å². The summed E-state index contributed by atoms with van der Waals surface area (Å²) in [6.45, 7) is 1.85. The van der Waals surface area contributed by atoms with Gasteiger partial charge in [-0.25, -0.2) is 8.51 Å². The van der Waals surface area contributed by atoms with Crippen LogP contribution in [0, 0.1) is 0 Å². The van der Waals surface area contributed by atoms with E-state index in [9.17, 15) is 4.21 Å². The molecule has 0 aromatic carbocycles. The van der Waals surface area contributed by atoms with Crippen LogP contribution in [0.1, 0.15) is 19.3 Å². The van der Waals surface area contributed by atoms with Crippen LogP contribution in [0.2, 0.25) is 0 Å². The maximum Gasteiger partial charge on any atom is 0.156 e. The Morgan fingerprint density at radius 2 is 2.14 bits per heavy atom. The van der Waals surface area contributed by atoms with E-state index in [1.807, 2.05) is 4.31 Å². The van der Waals surface area contributed by atoms with Crippen LogP contribution in [-0.4, -0.2) is 47.9 Å². The highest BCUT2D eigenvalue weighted by Gasteiger charge is 2.19. The first-order valence-corrected chi connectivity index (χ1v) is 6.24. The molecule has 0 amide bonds. The van der Waals surface area contributed by atoms with Crippen molar-refractivity contribution < 1.29 is 13.7 Å². The molecule has 0 bridgehead atoms. The average Bonchev–Trinajstić information content (AvgIpc) is 2.59. The minimum Gasteiger partial charge on any atom is -0.356 e. The van der Waals surface area contributed by atoms with Gasteiger partial charge in [-0.05, 0) is 19.3 Å². The average molecular weight is 221 g/mol. The smallest absolute Gasteiger partial charge is 0.156 e. The third kappa shape index (κ3) is 3.65. The van der Waals surface area contributed by atoms with E-state index in [4.69, 9.17) is 9.47 Å². The van der Waals surface area contributed by atoms with Gasteiger partial charge in [0.05, 0.1) is 11.0 Å². The van der Waals surface area contributed by atoms with Crippen LogP contribution < -0.4 is 0 Å². The van der Waals surface area contributed by atoms with Gasteiger partial charge < -0.3 is 9.47 Å². The second-order valence-corrected chi connectivity index (χ2v) is 4.92. The third-order valence-electron chi connectivity index (χ3n) is 2.39. The van der Waals surface area contributed by atoms with Crippen LogP contribution in [0.5, 0.6) is 0 Å². The van der Waals surface area contributed by atoms with Crippen molar-refractivity contribution in [1.82, 2.24) is 4.31 Å². The van der Waals surface area contributed by atoms with Crippen LogP contribution in [0.4, 0.5) is 0 Å². The van der Waals surface area contributed by atoms with Crippen LogP contribution in [0.25, 0.3) is 0 Å². The molecule has 1 saturated heterocycles. The van der Waals surface area contributed by atoms with Gasteiger partial charge in [0.2, 0.25) is 0 Å². The van der Waals surface area contributed by atoms with Gasteiger partial charge in [-0.3, -0.25) is 0 Å². The molecule has 14 heavy (non-hydrogen) atoms. The molecule has 1 rings (SSSR count). The SMILES string of the molecule is COC(CCCN1CCCS1=O)OC. The Kier molecular flexibility index (Phi) is 5.62. The molecule has 1 unspecified atom stereocenters. The number of nitrogens with zero attached hydrogens (tertiary/aromatic N) is 1. The van der Waals surface area contributed by atoms with Crippen LogP contribution in [0.3, 0.4) is 0 Å². The molecule has 1 aliphatic heterocycles. The minimum atomic E-state index is -0.728. The number of hydrogen-bond acceptors (Lipinski definition) is 3. The molecular formula is C9H19NO3S. The van der Waals surface area contributed by atoms with E-state index in [2.05, 4.69) is 0 Å². The highest BCUT2D eigenvalue weighted by Crippen LogP contribution is 2.11. The maximum atomic E-state index is 11.4. The minimum absolute atomic E-state index is 0.119. The van der Waals surface area contributed by atoms with E-state index in [1.165, 1.54) is 0 Å². The fourth-order valence-corrected chi connectivity index (χ4v) is 2.87. The quantitative estimate of drug-likeness (QED) is 0.621. The first-order chi connectivity index (χ1) is 6.77. The summed E-state index contributed by atoms with van der Waals surface area (Å²) in [7, 11) is 2.55. The molecule has 0 aromatic rings. The topological polar surface area (TPSA) is 38.8 Å². The van der Waals surface area contributed by atoms with Crippen molar-refractivity contribution in [2.45, 2.75) is 25.6 Å². The van der Waals surface area contributed by atoms with E-state index in [0.29, 0.717) is 0 Å². The molecule has 1 fully saturated rings. The summed E-state index contributed by atoms with van der Waals surface area (Å²) in [5.74, 6) is 0.831. The van der Waals surface area contributed by atoms with Crippen molar-refractivity contribution in [1.29, 1.82) is 0 Å². The number of ether oxygens (including phenoxy) is 2. The highest BCUT2D eigenvalue weighted by atomic mass is 32.2. The second kappa shape index (κ2) is 6.50. The Labute approximate surface area is 88.1 Å². The maximum absolute atomic E-state index is 11.4. The first kappa shape index (κ1) is 12.1. The predicted molar refractivity (Wildman–Crippen MR) is 56.2 cm³/mol. The van der Waals surface area contributed by atoms with E-state index in [0.717, 1.165) is 38.1 Å². The van der Waals surface area contributed by atoms with Crippen LogP contribution >= 0.6 is 0 Å². The molecule has 84 valence electrons. The molecule has 0 N–H and O–H groups in total. The zero-order valence-corrected chi connectivity index (χ0v) is 9.72. The Balaban J connectivity index is 2.11. The molecule has 0 saturated carbocycles. The molecule has 1 heterocycles. The summed E-state index contributed by atoms with van der Waals surface area (Å²) in [6, 6.07) is 0. The Morgan fingerprint density at radius 3 is 2.64 bits per heavy atom. The van der Waals surface area contributed by atoms with E-state index >= 15 is 0 Å². The first-order valence-electron chi connectivity index (χ1n) is 4.97. The summed E-state index contributed by atoms with van der Waals surface area (Å²) in [5, 5.41) is 0. The van der Waals surface area contributed by atoms with Gasteiger partial charge in [0.15, 0.2) is 6.29 Å². The molecule has 5 heteroatoms. The van der Waals surface area contributed by atoms with Gasteiger partial charge in [-0.15, -0.1) is 0 Å². The molecule has 0 spiro atoms. The molecule has 0 radical (unpaired) electrons. The van der Waals surface area contributed by atoms with E-state index < -0.39 is 11.0 Å². The summed E-state index contributed by atoms with van der Waals surface area (Å²) < 4.78 is 23.5. The number of rotatable bonds is 6. The highest BCUT2D eigenvalue weighted by molar-refractivity contribution is 7.82. The molecule has 1 aliphatic rings. The lowest BCUT2D eigenvalue weighted by Crippen LogP contribution is -2.23. The Hall–Kier alpha value is 0.0300. The number of hydrogen-bond donors (Lipinski definition) is 0. The van der Waals surface area contributed by atoms with Gasteiger partial charge in [0.25, 0.3) is 0 Å². The van der Waals surface area contributed by atoms with Gasteiger partial charge in [-0.2, -0.15) is 0 Å². The van der Waals surface area contributed by atoms with Crippen molar-refractivity contribution in [3.63, 3.8) is 0 Å². The summed E-state index contributed by atoms with van der Waals surface area (Å²) in [6.07, 6.45) is 2.77. The third-order valence-corrected chi connectivity index (χ3v) is 3.97. The largest absolute Gasteiger partial charge is 0.356 e. The Bertz CT molecular complexity index is 185. The lowest BCUT2D eigenvalue weighted by molar-refractivity contribution is -0.107. The van der Waals surface area contributed by atoms with Crippen molar-refractivity contribution in [3.05, 3.63) is 0 Å². The zero-order chi connectivity index (χ0) is 10.4. The van der Waals surface area contributed by atoms with Gasteiger partial charge in [-0.1, -0.05) is 0 Å². The normalized spacial score (nSPS) is 23.5. The van der Waals surface area contributed by atoms with Gasteiger partial charge in [0.1, 0.15) is 0 Å². The lowest BCUT2D eigenvalue weighted by atomic mass is 10.3. The van der Waals surface area contributed by atoms with Crippen LogP contribution in [0.15, 0.2) is 0 Å². The predicted octanol–water partition coefficient (Wildman–Crippen LogP) is 0.755. The van der Waals surface area contributed by atoms with Crippen molar-refractivity contribution in [3.8, 4) is 0 Å². The van der Waals surface area contributed by atoms with Crippen LogP contribution in [-0.2, 0) is 20.5 Å². The molecule has 0 aromatic heterocycles.